The van der Waals surface area contributed by atoms with Crippen molar-refractivity contribution in [2.45, 2.75) is 70.4 Å². The second-order valence-electron chi connectivity index (χ2n) is 9.82. The summed E-state index contributed by atoms with van der Waals surface area (Å²) in [6.07, 6.45) is 2.38. The van der Waals surface area contributed by atoms with Gasteiger partial charge in [0.25, 0.3) is 0 Å². The van der Waals surface area contributed by atoms with Gasteiger partial charge >= 0.3 is 0 Å². The molecule has 3 aromatic rings. The maximum Gasteiger partial charge on any atom is 0.241 e. The molecule has 0 bridgehead atoms. The molecule has 3 aromatic heterocycles. The first-order valence-electron chi connectivity index (χ1n) is 11.3. The largest absolute Gasteiger partial charge is 0.351 e. The second-order valence-corrected chi connectivity index (χ2v) is 9.82. The SMILES string of the molecule is CC(=O)NC1(C)CC(Nc2ncc3c(-c4ccc5c(n4)C(C)(CC(F)F)C(C)=N5)ccn3n2)C1.[HH].[HH]. The molecule has 0 spiro atoms. The zero-order valence-electron chi connectivity index (χ0n) is 19.6. The third-order valence-electron chi connectivity index (χ3n) is 6.94. The van der Waals surface area contributed by atoms with Crippen molar-refractivity contribution in [3.05, 3.63) is 36.3 Å². The molecule has 5 rings (SSSR count). The van der Waals surface area contributed by atoms with Gasteiger partial charge in [0.15, 0.2) is 0 Å². The molecular formula is C24H31F2N7O. The van der Waals surface area contributed by atoms with Crippen LogP contribution < -0.4 is 10.6 Å². The number of nitrogens with zero attached hydrogens (tertiary/aromatic N) is 5. The number of aromatic nitrogens is 4. The van der Waals surface area contributed by atoms with Crippen molar-refractivity contribution in [3.63, 3.8) is 0 Å². The quantitative estimate of drug-likeness (QED) is 0.540. The number of hydrogen-bond acceptors (Lipinski definition) is 6. The zero-order valence-corrected chi connectivity index (χ0v) is 19.6. The van der Waals surface area contributed by atoms with Gasteiger partial charge in [0.2, 0.25) is 18.3 Å². The van der Waals surface area contributed by atoms with E-state index >= 15 is 0 Å². The molecule has 182 valence electrons. The van der Waals surface area contributed by atoms with Crippen molar-refractivity contribution in [1.29, 1.82) is 0 Å². The monoisotopic (exact) mass is 471 g/mol. The Balaban J connectivity index is 0.00000180. The molecule has 0 aromatic carbocycles. The van der Waals surface area contributed by atoms with Crippen LogP contribution in [0.2, 0.25) is 0 Å². The van der Waals surface area contributed by atoms with Crippen LogP contribution in [0.1, 0.15) is 55.5 Å². The topological polar surface area (TPSA) is 96.6 Å². The first kappa shape index (κ1) is 22.4. The van der Waals surface area contributed by atoms with Gasteiger partial charge in [-0.3, -0.25) is 9.79 Å². The molecule has 34 heavy (non-hydrogen) atoms. The Morgan fingerprint density at radius 1 is 1.29 bits per heavy atom. The minimum absolute atomic E-state index is 0. The van der Waals surface area contributed by atoms with Gasteiger partial charge in [-0.2, -0.15) is 0 Å². The first-order chi connectivity index (χ1) is 16.1. The Morgan fingerprint density at radius 2 is 2.06 bits per heavy atom. The molecular weight excluding hydrogens is 440 g/mol. The standard InChI is InChI=1S/C24H27F2N7O.2H2/c1-13-24(4,11-20(25)26)21-18(28-13)6-5-17(30-21)16-7-8-33-19(16)12-27-22(32-33)29-15-9-23(3,10-15)31-14(2)34;;/h5-8,12,15,20H,9-11H2,1-4H3,(H,29,32)(H,31,34);2*1H. The van der Waals surface area contributed by atoms with Gasteiger partial charge < -0.3 is 10.6 Å². The van der Waals surface area contributed by atoms with Crippen molar-refractivity contribution >= 4 is 28.8 Å². The summed E-state index contributed by atoms with van der Waals surface area (Å²) in [5, 5.41) is 10.9. The molecule has 2 N–H and O–H groups in total. The van der Waals surface area contributed by atoms with E-state index in [0.717, 1.165) is 23.9 Å². The van der Waals surface area contributed by atoms with Crippen molar-refractivity contribution in [3.8, 4) is 11.3 Å². The minimum Gasteiger partial charge on any atom is -0.351 e. The molecule has 4 heterocycles. The number of hydrogen-bond donors (Lipinski definition) is 2. The van der Waals surface area contributed by atoms with Gasteiger partial charge in [0, 0.05) is 45.3 Å². The Hall–Kier alpha value is -3.43. The molecule has 0 radical (unpaired) electrons. The minimum atomic E-state index is -2.45. The van der Waals surface area contributed by atoms with E-state index in [9.17, 15) is 13.6 Å². The average molecular weight is 472 g/mol. The maximum atomic E-state index is 13.3. The molecule has 0 saturated heterocycles. The van der Waals surface area contributed by atoms with Crippen LogP contribution in [0, 0.1) is 0 Å². The van der Waals surface area contributed by atoms with E-state index in [1.807, 2.05) is 31.3 Å². The highest BCUT2D eigenvalue weighted by atomic mass is 19.3. The van der Waals surface area contributed by atoms with E-state index in [0.29, 0.717) is 28.7 Å². The number of halogens is 2. The van der Waals surface area contributed by atoms with E-state index in [4.69, 9.17) is 4.98 Å². The highest BCUT2D eigenvalue weighted by Crippen LogP contribution is 2.43. The van der Waals surface area contributed by atoms with Crippen LogP contribution in [0.25, 0.3) is 16.8 Å². The fraction of sp³-hybridized carbons (Fsp3) is 0.458. The number of nitrogens with one attached hydrogen (secondary N) is 2. The number of aliphatic imine (C=N–C) groups is 1. The van der Waals surface area contributed by atoms with Crippen LogP contribution in [0.15, 0.2) is 35.6 Å². The number of alkyl halides is 2. The van der Waals surface area contributed by atoms with Gasteiger partial charge in [-0.1, -0.05) is 0 Å². The van der Waals surface area contributed by atoms with E-state index in [1.165, 1.54) is 6.92 Å². The Bertz CT molecular complexity index is 1320. The molecule has 2 aliphatic rings. The lowest BCUT2D eigenvalue weighted by molar-refractivity contribution is -0.121. The summed E-state index contributed by atoms with van der Waals surface area (Å²) in [5.41, 5.74) is 3.03. The van der Waals surface area contributed by atoms with Gasteiger partial charge in [-0.25, -0.2) is 23.3 Å². The van der Waals surface area contributed by atoms with Gasteiger partial charge in [0.05, 0.1) is 34.2 Å². The normalized spacial score (nSPS) is 25.7. The van der Waals surface area contributed by atoms with Gasteiger partial charge in [-0.15, -0.1) is 5.10 Å². The fourth-order valence-electron chi connectivity index (χ4n) is 5.15. The highest BCUT2D eigenvalue weighted by Gasteiger charge is 2.42. The van der Waals surface area contributed by atoms with Crippen LogP contribution in [-0.2, 0) is 10.2 Å². The Kier molecular flexibility index (Phi) is 5.14. The fourth-order valence-corrected chi connectivity index (χ4v) is 5.15. The maximum absolute atomic E-state index is 13.3. The smallest absolute Gasteiger partial charge is 0.241 e. The lowest BCUT2D eigenvalue weighted by atomic mass is 9.74. The van der Waals surface area contributed by atoms with Crippen LogP contribution in [0.4, 0.5) is 20.4 Å². The van der Waals surface area contributed by atoms with Crippen LogP contribution in [0.3, 0.4) is 0 Å². The van der Waals surface area contributed by atoms with Crippen molar-refractivity contribution < 1.29 is 16.4 Å². The summed E-state index contributed by atoms with van der Waals surface area (Å²) in [7, 11) is 0. The summed E-state index contributed by atoms with van der Waals surface area (Å²) in [6.45, 7) is 7.10. The summed E-state index contributed by atoms with van der Waals surface area (Å²) >= 11 is 0. The number of anilines is 1. The van der Waals surface area contributed by atoms with Crippen LogP contribution in [0.5, 0.6) is 0 Å². The van der Waals surface area contributed by atoms with E-state index < -0.39 is 11.8 Å². The molecule has 1 unspecified atom stereocenters. The van der Waals surface area contributed by atoms with Gasteiger partial charge in [0.1, 0.15) is 0 Å². The lowest BCUT2D eigenvalue weighted by Gasteiger charge is -2.45. The van der Waals surface area contributed by atoms with E-state index in [-0.39, 0.29) is 26.8 Å². The molecule has 1 fully saturated rings. The number of carbonyl (C=O) groups excluding carboxylic acids is 1. The molecule has 1 amide bonds. The highest BCUT2D eigenvalue weighted by molar-refractivity contribution is 5.99. The van der Waals surface area contributed by atoms with Crippen molar-refractivity contribution in [1.82, 2.24) is 24.9 Å². The Labute approximate surface area is 198 Å². The van der Waals surface area contributed by atoms with E-state index in [1.54, 1.807) is 24.6 Å². The third kappa shape index (κ3) is 3.80. The molecule has 1 aliphatic heterocycles. The number of fused-ring (bicyclic) bond motifs is 2. The first-order valence-corrected chi connectivity index (χ1v) is 11.3. The summed E-state index contributed by atoms with van der Waals surface area (Å²) in [4.78, 5) is 25.1. The molecule has 1 saturated carbocycles. The van der Waals surface area contributed by atoms with Gasteiger partial charge in [-0.05, 0) is 51.8 Å². The third-order valence-corrected chi connectivity index (χ3v) is 6.94. The number of carbonyl (C=O) groups is 1. The molecule has 8 nitrogen and oxygen atoms in total. The van der Waals surface area contributed by atoms with Crippen LogP contribution in [-0.4, -0.2) is 49.2 Å². The van der Waals surface area contributed by atoms with Crippen molar-refractivity contribution in [2.75, 3.05) is 5.32 Å². The molecule has 1 aliphatic carbocycles. The van der Waals surface area contributed by atoms with Crippen molar-refractivity contribution in [2.24, 2.45) is 4.99 Å². The summed E-state index contributed by atoms with van der Waals surface area (Å²) < 4.78 is 28.3. The van der Waals surface area contributed by atoms with E-state index in [2.05, 4.69) is 25.7 Å². The van der Waals surface area contributed by atoms with Crippen LogP contribution >= 0.6 is 0 Å². The lowest BCUT2D eigenvalue weighted by Crippen LogP contribution is -2.59. The number of amides is 1. The Morgan fingerprint density at radius 3 is 2.76 bits per heavy atom. The zero-order chi connectivity index (χ0) is 24.3. The predicted molar refractivity (Wildman–Crippen MR) is 130 cm³/mol. The molecule has 10 heteroatoms. The molecule has 1 atom stereocenters. The average Bonchev–Trinajstić information content (AvgIpc) is 3.24. The predicted octanol–water partition coefficient (Wildman–Crippen LogP) is 4.77. The summed E-state index contributed by atoms with van der Waals surface area (Å²) in [6, 6.07) is 5.76. The number of pyridine rings is 1. The summed E-state index contributed by atoms with van der Waals surface area (Å²) in [5.74, 6) is 0.467. The number of rotatable bonds is 6. The second kappa shape index (κ2) is 7.82.